The molecule has 1 fully saturated rings. The Morgan fingerprint density at radius 2 is 2.38 bits per heavy atom. The summed E-state index contributed by atoms with van der Waals surface area (Å²) in [6.45, 7) is 1.71. The minimum Gasteiger partial charge on any atom is -0.384 e. The molecule has 0 saturated carbocycles. The van der Waals surface area contributed by atoms with E-state index in [2.05, 4.69) is 4.98 Å². The number of rotatable bonds is 4. The molecule has 2 aromatic heterocycles. The fraction of sp³-hybridized carbons (Fsp3) is 0.500. The van der Waals surface area contributed by atoms with Crippen LogP contribution in [0.5, 0.6) is 0 Å². The van der Waals surface area contributed by atoms with Crippen LogP contribution in [0.4, 0.5) is 0 Å². The molecule has 3 rings (SSSR count). The van der Waals surface area contributed by atoms with E-state index in [0.29, 0.717) is 19.7 Å². The van der Waals surface area contributed by atoms with E-state index in [0.717, 1.165) is 23.1 Å². The van der Waals surface area contributed by atoms with Crippen LogP contribution < -0.4 is 0 Å². The zero-order valence-electron chi connectivity index (χ0n) is 11.9. The number of hydrogen-bond donors (Lipinski definition) is 0. The largest absolute Gasteiger partial charge is 0.384 e. The molecule has 0 amide bonds. The van der Waals surface area contributed by atoms with Gasteiger partial charge in [-0.3, -0.25) is 4.98 Å². The number of sulfonamides is 1. The molecule has 7 heteroatoms. The summed E-state index contributed by atoms with van der Waals surface area (Å²) in [4.78, 5) is 4.53. The molecule has 0 spiro atoms. The van der Waals surface area contributed by atoms with E-state index in [4.69, 9.17) is 4.74 Å². The molecule has 3 heterocycles. The summed E-state index contributed by atoms with van der Waals surface area (Å²) in [6, 6.07) is 3.62. The average Bonchev–Trinajstić information content (AvgIpc) is 2.95. The molecule has 1 saturated heterocycles. The van der Waals surface area contributed by atoms with Crippen molar-refractivity contribution < 1.29 is 13.2 Å². The molecule has 0 aliphatic carbocycles. The molecule has 1 aliphatic heterocycles. The molecular formula is C14H18N2O3S2. The molecule has 5 nitrogen and oxygen atoms in total. The molecule has 0 bridgehead atoms. The van der Waals surface area contributed by atoms with Gasteiger partial charge in [0.15, 0.2) is 0 Å². The zero-order valence-corrected chi connectivity index (χ0v) is 13.5. The summed E-state index contributed by atoms with van der Waals surface area (Å²) >= 11 is 1.51. The van der Waals surface area contributed by atoms with Gasteiger partial charge in [-0.05, 0) is 36.3 Å². The van der Waals surface area contributed by atoms with Crippen molar-refractivity contribution in [3.05, 3.63) is 23.7 Å². The van der Waals surface area contributed by atoms with Gasteiger partial charge in [-0.2, -0.15) is 4.31 Å². The van der Waals surface area contributed by atoms with Gasteiger partial charge in [0, 0.05) is 26.4 Å². The van der Waals surface area contributed by atoms with E-state index in [-0.39, 0.29) is 10.8 Å². The standard InChI is InChI=1S/C14H18N2O3S2/c1-19-10-11-3-2-5-16(9-11)21(17,18)12-7-14-13(15-8-12)4-6-20-14/h4,6-8,11H,2-3,5,9-10H2,1H3/t11-/m0/s1. The second kappa shape index (κ2) is 6.00. The first-order valence-electron chi connectivity index (χ1n) is 6.93. The highest BCUT2D eigenvalue weighted by Crippen LogP contribution is 2.27. The first-order valence-corrected chi connectivity index (χ1v) is 9.25. The van der Waals surface area contributed by atoms with Crippen LogP contribution in [0.15, 0.2) is 28.6 Å². The lowest BCUT2D eigenvalue weighted by Gasteiger charge is -2.31. The summed E-state index contributed by atoms with van der Waals surface area (Å²) in [7, 11) is -1.81. The fourth-order valence-electron chi connectivity index (χ4n) is 2.74. The number of ether oxygens (including phenoxy) is 1. The SMILES string of the molecule is COC[C@H]1CCCN(S(=O)(=O)c2cnc3ccsc3c2)C1. The van der Waals surface area contributed by atoms with Crippen molar-refractivity contribution in [3.63, 3.8) is 0 Å². The van der Waals surface area contributed by atoms with Crippen molar-refractivity contribution in [3.8, 4) is 0 Å². The number of hydrogen-bond acceptors (Lipinski definition) is 5. The third-order valence-corrected chi connectivity index (χ3v) is 6.48. The minimum absolute atomic E-state index is 0.275. The number of methoxy groups -OCH3 is 1. The Kier molecular flexibility index (Phi) is 4.26. The summed E-state index contributed by atoms with van der Waals surface area (Å²) in [5.74, 6) is 0.275. The van der Waals surface area contributed by atoms with Crippen molar-refractivity contribution in [2.24, 2.45) is 5.92 Å². The number of piperidine rings is 1. The maximum atomic E-state index is 12.8. The lowest BCUT2D eigenvalue weighted by atomic mass is 10.0. The smallest absolute Gasteiger partial charge is 0.244 e. The van der Waals surface area contributed by atoms with Crippen LogP contribution in [0, 0.1) is 5.92 Å². The van der Waals surface area contributed by atoms with Gasteiger partial charge in [0.1, 0.15) is 4.90 Å². The highest BCUT2D eigenvalue weighted by atomic mass is 32.2. The molecule has 2 aromatic rings. The Balaban J connectivity index is 1.88. The Hall–Kier alpha value is -1.02. The second-order valence-corrected chi connectivity index (χ2v) is 8.19. The van der Waals surface area contributed by atoms with Gasteiger partial charge in [0.25, 0.3) is 0 Å². The lowest BCUT2D eigenvalue weighted by molar-refractivity contribution is 0.118. The normalized spacial score (nSPS) is 20.9. The summed E-state index contributed by atoms with van der Waals surface area (Å²) in [6.07, 6.45) is 3.36. The van der Waals surface area contributed by atoms with Crippen LogP contribution in [0.25, 0.3) is 10.2 Å². The van der Waals surface area contributed by atoms with E-state index in [1.807, 2.05) is 11.4 Å². The fourth-order valence-corrected chi connectivity index (χ4v) is 5.12. The van der Waals surface area contributed by atoms with Gasteiger partial charge in [0.2, 0.25) is 10.0 Å². The van der Waals surface area contributed by atoms with Crippen LogP contribution >= 0.6 is 11.3 Å². The zero-order chi connectivity index (χ0) is 14.9. The summed E-state index contributed by atoms with van der Waals surface area (Å²) in [5, 5.41) is 1.92. The molecule has 0 N–H and O–H groups in total. The first kappa shape index (κ1) is 14.9. The minimum atomic E-state index is -3.46. The third-order valence-electron chi connectivity index (χ3n) is 3.80. The second-order valence-electron chi connectivity index (χ2n) is 5.30. The van der Waals surface area contributed by atoms with Gasteiger partial charge in [-0.25, -0.2) is 8.42 Å². The molecular weight excluding hydrogens is 308 g/mol. The monoisotopic (exact) mass is 326 g/mol. The molecule has 21 heavy (non-hydrogen) atoms. The van der Waals surface area contributed by atoms with Crippen molar-refractivity contribution in [1.82, 2.24) is 9.29 Å². The Morgan fingerprint density at radius 1 is 1.52 bits per heavy atom. The first-order chi connectivity index (χ1) is 10.1. The number of fused-ring (bicyclic) bond motifs is 1. The van der Waals surface area contributed by atoms with Gasteiger partial charge >= 0.3 is 0 Å². The van der Waals surface area contributed by atoms with Crippen molar-refractivity contribution in [1.29, 1.82) is 0 Å². The van der Waals surface area contributed by atoms with Crippen molar-refractivity contribution in [2.75, 3.05) is 26.8 Å². The Morgan fingerprint density at radius 3 is 3.19 bits per heavy atom. The van der Waals surface area contributed by atoms with Crippen LogP contribution in [-0.4, -0.2) is 44.5 Å². The van der Waals surface area contributed by atoms with Crippen LogP contribution in [0.3, 0.4) is 0 Å². The predicted molar refractivity (Wildman–Crippen MR) is 83.0 cm³/mol. The number of thiophene rings is 1. The van der Waals surface area contributed by atoms with Gasteiger partial charge < -0.3 is 4.74 Å². The molecule has 114 valence electrons. The predicted octanol–water partition coefficient (Wildman–Crippen LogP) is 2.34. The van der Waals surface area contributed by atoms with Gasteiger partial charge in [-0.15, -0.1) is 11.3 Å². The molecule has 0 radical (unpaired) electrons. The lowest BCUT2D eigenvalue weighted by Crippen LogP contribution is -2.41. The Labute approximate surface area is 128 Å². The maximum absolute atomic E-state index is 12.8. The topological polar surface area (TPSA) is 59.5 Å². The van der Waals surface area contributed by atoms with Crippen LogP contribution in [0.1, 0.15) is 12.8 Å². The average molecular weight is 326 g/mol. The number of pyridine rings is 1. The quantitative estimate of drug-likeness (QED) is 0.865. The number of aromatic nitrogens is 1. The summed E-state index contributed by atoms with van der Waals surface area (Å²) < 4.78 is 33.1. The highest BCUT2D eigenvalue weighted by molar-refractivity contribution is 7.89. The Bertz CT molecular complexity index is 725. The van der Waals surface area contributed by atoms with Crippen molar-refractivity contribution in [2.45, 2.75) is 17.7 Å². The molecule has 1 atom stereocenters. The molecule has 0 aromatic carbocycles. The van der Waals surface area contributed by atoms with E-state index in [1.54, 1.807) is 17.5 Å². The summed E-state index contributed by atoms with van der Waals surface area (Å²) in [5.41, 5.74) is 0.842. The van der Waals surface area contributed by atoms with Crippen LogP contribution in [-0.2, 0) is 14.8 Å². The highest BCUT2D eigenvalue weighted by Gasteiger charge is 2.30. The van der Waals surface area contributed by atoms with Crippen LogP contribution in [0.2, 0.25) is 0 Å². The van der Waals surface area contributed by atoms with Gasteiger partial charge in [0.05, 0.1) is 16.8 Å². The third kappa shape index (κ3) is 2.96. The molecule has 0 unspecified atom stereocenters. The number of nitrogens with zero attached hydrogens (tertiary/aromatic N) is 2. The van der Waals surface area contributed by atoms with E-state index in [9.17, 15) is 8.42 Å². The molecule has 1 aliphatic rings. The van der Waals surface area contributed by atoms with E-state index >= 15 is 0 Å². The van der Waals surface area contributed by atoms with Gasteiger partial charge in [-0.1, -0.05) is 0 Å². The van der Waals surface area contributed by atoms with E-state index < -0.39 is 10.0 Å². The van der Waals surface area contributed by atoms with Crippen molar-refractivity contribution >= 4 is 31.6 Å². The maximum Gasteiger partial charge on any atom is 0.244 e. The van der Waals surface area contributed by atoms with E-state index in [1.165, 1.54) is 17.5 Å².